The average Bonchev–Trinajstić information content (AvgIpc) is 2.90. The molecule has 1 aromatic heterocycles. The van der Waals surface area contributed by atoms with E-state index in [-0.39, 0.29) is 17.3 Å². The minimum atomic E-state index is -1.04. The van der Waals surface area contributed by atoms with Crippen molar-refractivity contribution in [3.63, 3.8) is 0 Å². The molecule has 0 aromatic carbocycles. The van der Waals surface area contributed by atoms with Crippen molar-refractivity contribution in [2.45, 2.75) is 44.5 Å². The second-order valence-electron chi connectivity index (χ2n) is 7.03. The van der Waals surface area contributed by atoms with E-state index in [9.17, 15) is 14.7 Å². The molecule has 2 unspecified atom stereocenters. The second kappa shape index (κ2) is 5.87. The standard InChI is InChI=1S/C17H18BrN3O4/c1-9-14(17(3)13(23)5-16(9,2)25-17)15(24)21(8-22)10-4-11(18)12(6-19)20-7-10/h4,7-9,13-14,23H,5H2,1-3H3/t9-,13-,14-,16?,17?/m0/s1. The van der Waals surface area contributed by atoms with Crippen LogP contribution in [0.25, 0.3) is 0 Å². The van der Waals surface area contributed by atoms with Gasteiger partial charge in [0.05, 0.1) is 34.0 Å². The molecule has 2 saturated heterocycles. The number of rotatable bonds is 3. The van der Waals surface area contributed by atoms with Crippen LogP contribution in [-0.2, 0) is 14.3 Å². The normalized spacial score (nSPS) is 36.1. The molecule has 7 nitrogen and oxygen atoms in total. The average molecular weight is 408 g/mol. The molecule has 8 heteroatoms. The predicted molar refractivity (Wildman–Crippen MR) is 91.4 cm³/mol. The summed E-state index contributed by atoms with van der Waals surface area (Å²) in [7, 11) is 0. The number of halogens is 1. The highest BCUT2D eigenvalue weighted by molar-refractivity contribution is 9.10. The molecule has 0 spiro atoms. The van der Waals surface area contributed by atoms with Gasteiger partial charge in [0.15, 0.2) is 5.69 Å². The number of carbonyl (C=O) groups excluding carboxylic acids is 2. The van der Waals surface area contributed by atoms with E-state index in [1.54, 1.807) is 6.92 Å². The van der Waals surface area contributed by atoms with E-state index in [0.29, 0.717) is 17.3 Å². The largest absolute Gasteiger partial charge is 0.390 e. The van der Waals surface area contributed by atoms with Crippen LogP contribution in [0, 0.1) is 23.2 Å². The van der Waals surface area contributed by atoms with Gasteiger partial charge in [0, 0.05) is 6.42 Å². The van der Waals surface area contributed by atoms with Gasteiger partial charge in [0.1, 0.15) is 11.7 Å². The number of imide groups is 1. The van der Waals surface area contributed by atoms with Gasteiger partial charge in [-0.2, -0.15) is 5.26 Å². The molecule has 0 radical (unpaired) electrons. The lowest BCUT2D eigenvalue weighted by Gasteiger charge is -2.38. The maximum absolute atomic E-state index is 13.1. The molecule has 0 aliphatic carbocycles. The Labute approximate surface area is 153 Å². The first-order valence-electron chi connectivity index (χ1n) is 7.90. The monoisotopic (exact) mass is 407 g/mol. The molecule has 2 aliphatic rings. The lowest BCUT2D eigenvalue weighted by atomic mass is 9.66. The molecular weight excluding hydrogens is 390 g/mol. The summed E-state index contributed by atoms with van der Waals surface area (Å²) in [6.45, 7) is 5.49. The Morgan fingerprint density at radius 1 is 1.60 bits per heavy atom. The molecule has 3 heterocycles. The molecule has 2 amide bonds. The number of hydrogen-bond acceptors (Lipinski definition) is 6. The van der Waals surface area contributed by atoms with E-state index in [1.165, 1.54) is 12.3 Å². The van der Waals surface area contributed by atoms with Crippen molar-refractivity contribution in [3.05, 3.63) is 22.4 Å². The minimum absolute atomic E-state index is 0.161. The topological polar surface area (TPSA) is 104 Å². The Hall–Kier alpha value is -1.82. The van der Waals surface area contributed by atoms with E-state index in [1.807, 2.05) is 19.9 Å². The molecule has 2 fully saturated rings. The first kappa shape index (κ1) is 18.0. The maximum atomic E-state index is 13.1. The van der Waals surface area contributed by atoms with Gasteiger partial charge in [0.2, 0.25) is 12.3 Å². The fourth-order valence-electron chi connectivity index (χ4n) is 4.09. The Bertz CT molecular complexity index is 795. The predicted octanol–water partition coefficient (Wildman–Crippen LogP) is 1.77. The fraction of sp³-hybridized carbons (Fsp3) is 0.529. The van der Waals surface area contributed by atoms with Crippen LogP contribution in [-0.4, -0.2) is 39.7 Å². The highest BCUT2D eigenvalue weighted by Gasteiger charge is 2.68. The highest BCUT2D eigenvalue weighted by atomic mass is 79.9. The maximum Gasteiger partial charge on any atom is 0.240 e. The molecule has 132 valence electrons. The van der Waals surface area contributed by atoms with Crippen molar-refractivity contribution in [2.24, 2.45) is 11.8 Å². The van der Waals surface area contributed by atoms with Crippen LogP contribution in [0.2, 0.25) is 0 Å². The molecule has 1 N–H and O–H groups in total. The Morgan fingerprint density at radius 2 is 2.28 bits per heavy atom. The zero-order valence-electron chi connectivity index (χ0n) is 14.1. The summed E-state index contributed by atoms with van der Waals surface area (Å²) in [6.07, 6.45) is 1.41. The van der Waals surface area contributed by atoms with Crippen molar-refractivity contribution >= 4 is 33.9 Å². The molecule has 2 bridgehead atoms. The Balaban J connectivity index is 1.98. The first-order valence-corrected chi connectivity index (χ1v) is 8.69. The smallest absolute Gasteiger partial charge is 0.240 e. The number of fused-ring (bicyclic) bond motifs is 2. The molecule has 1 aromatic rings. The number of pyridine rings is 1. The number of aromatic nitrogens is 1. The summed E-state index contributed by atoms with van der Waals surface area (Å²) >= 11 is 3.21. The summed E-state index contributed by atoms with van der Waals surface area (Å²) in [5.41, 5.74) is -1.23. The zero-order valence-corrected chi connectivity index (χ0v) is 15.6. The quantitative estimate of drug-likeness (QED) is 0.765. The molecule has 0 saturated carbocycles. The highest BCUT2D eigenvalue weighted by Crippen LogP contribution is 2.57. The number of nitriles is 1. The van der Waals surface area contributed by atoms with Crippen molar-refractivity contribution in [2.75, 3.05) is 4.90 Å². The van der Waals surface area contributed by atoms with Crippen molar-refractivity contribution in [3.8, 4) is 6.07 Å². The van der Waals surface area contributed by atoms with Crippen molar-refractivity contribution < 1.29 is 19.4 Å². The summed E-state index contributed by atoms with van der Waals surface area (Å²) in [4.78, 5) is 29.7. The van der Waals surface area contributed by atoms with Crippen LogP contribution < -0.4 is 4.90 Å². The van der Waals surface area contributed by atoms with Crippen LogP contribution >= 0.6 is 15.9 Å². The molecule has 2 aliphatic heterocycles. The van der Waals surface area contributed by atoms with Crippen molar-refractivity contribution in [1.82, 2.24) is 4.98 Å². The lowest BCUT2D eigenvalue weighted by molar-refractivity contribution is -0.134. The van der Waals surface area contributed by atoms with E-state index >= 15 is 0 Å². The zero-order chi connectivity index (χ0) is 18.6. The Morgan fingerprint density at radius 3 is 2.80 bits per heavy atom. The number of ether oxygens (including phenoxy) is 1. The third-order valence-electron chi connectivity index (χ3n) is 5.61. The lowest BCUT2D eigenvalue weighted by Crippen LogP contribution is -2.54. The van der Waals surface area contributed by atoms with Gasteiger partial charge < -0.3 is 9.84 Å². The SMILES string of the molecule is C[C@H]1[C@@H](C(=O)N(C=O)c2cnc(C#N)c(Br)c2)C2(C)OC1(C)C[C@@H]2O. The fourth-order valence-corrected chi connectivity index (χ4v) is 4.51. The molecule has 3 rings (SSSR count). The van der Waals surface area contributed by atoms with E-state index < -0.39 is 29.1 Å². The van der Waals surface area contributed by atoms with Crippen LogP contribution in [0.15, 0.2) is 16.7 Å². The Kier molecular flexibility index (Phi) is 4.22. The third kappa shape index (κ3) is 2.49. The van der Waals surface area contributed by atoms with Gasteiger partial charge in [-0.3, -0.25) is 14.5 Å². The molecule has 25 heavy (non-hydrogen) atoms. The van der Waals surface area contributed by atoms with Gasteiger partial charge >= 0.3 is 0 Å². The number of nitrogens with zero attached hydrogens (tertiary/aromatic N) is 3. The van der Waals surface area contributed by atoms with E-state index in [4.69, 9.17) is 10.00 Å². The number of aliphatic hydroxyl groups excluding tert-OH is 1. The van der Waals surface area contributed by atoms with Crippen LogP contribution in [0.1, 0.15) is 32.9 Å². The third-order valence-corrected chi connectivity index (χ3v) is 6.22. The van der Waals surface area contributed by atoms with Crippen LogP contribution in [0.5, 0.6) is 0 Å². The number of aliphatic hydroxyl groups is 1. The van der Waals surface area contributed by atoms with E-state index in [0.717, 1.165) is 4.90 Å². The van der Waals surface area contributed by atoms with Crippen molar-refractivity contribution in [1.29, 1.82) is 5.26 Å². The first-order chi connectivity index (χ1) is 11.7. The van der Waals surface area contributed by atoms with Gasteiger partial charge in [-0.15, -0.1) is 0 Å². The number of amides is 2. The van der Waals surface area contributed by atoms with Gasteiger partial charge in [-0.25, -0.2) is 4.98 Å². The van der Waals surface area contributed by atoms with Gasteiger partial charge in [0.25, 0.3) is 0 Å². The number of hydrogen-bond donors (Lipinski definition) is 1. The van der Waals surface area contributed by atoms with Gasteiger partial charge in [-0.05, 0) is 41.8 Å². The number of anilines is 1. The summed E-state index contributed by atoms with van der Waals surface area (Å²) in [5, 5.41) is 19.3. The minimum Gasteiger partial charge on any atom is -0.390 e. The molecular formula is C17H18BrN3O4. The summed E-state index contributed by atoms with van der Waals surface area (Å²) in [6, 6.07) is 3.40. The van der Waals surface area contributed by atoms with Crippen LogP contribution in [0.4, 0.5) is 5.69 Å². The van der Waals surface area contributed by atoms with Crippen LogP contribution in [0.3, 0.4) is 0 Å². The van der Waals surface area contributed by atoms with Gasteiger partial charge in [-0.1, -0.05) is 6.92 Å². The molecule has 5 atom stereocenters. The van der Waals surface area contributed by atoms with E-state index in [2.05, 4.69) is 20.9 Å². The summed E-state index contributed by atoms with van der Waals surface area (Å²) < 4.78 is 6.41. The summed E-state index contributed by atoms with van der Waals surface area (Å²) in [5.74, 6) is -1.28. The second-order valence-corrected chi connectivity index (χ2v) is 7.89. The number of carbonyl (C=O) groups is 2.